The second-order valence-corrected chi connectivity index (χ2v) is 5.40. The number of hydrogen-bond donors (Lipinski definition) is 2. The summed E-state index contributed by atoms with van der Waals surface area (Å²) in [7, 11) is 0. The second-order valence-electron chi connectivity index (χ2n) is 5.40. The van der Waals surface area contributed by atoms with Crippen LogP contribution < -0.4 is 5.32 Å². The van der Waals surface area contributed by atoms with E-state index < -0.39 is 29.2 Å². The molecule has 0 saturated carbocycles. The number of nitrogens with zero attached hydrogens (tertiary/aromatic N) is 4. The normalized spacial score (nSPS) is 14.0. The molecule has 1 atom stereocenters. The number of carboxylic acids is 1. The largest absolute Gasteiger partial charge is 0.480 e. The van der Waals surface area contributed by atoms with Gasteiger partial charge in [0.1, 0.15) is 5.54 Å². The highest BCUT2D eigenvalue weighted by Crippen LogP contribution is 2.28. The maximum absolute atomic E-state index is 12.5. The number of halogens is 3. The fraction of sp³-hybridized carbons (Fsp3) is 0.357. The van der Waals surface area contributed by atoms with Crippen LogP contribution in [0.15, 0.2) is 24.5 Å². The first-order valence-electron chi connectivity index (χ1n) is 7.08. The van der Waals surface area contributed by atoms with Gasteiger partial charge in [-0.15, -0.1) is 5.10 Å². The summed E-state index contributed by atoms with van der Waals surface area (Å²) in [6.45, 7) is 2.94. The fourth-order valence-electron chi connectivity index (χ4n) is 1.78. The van der Waals surface area contributed by atoms with Gasteiger partial charge in [-0.2, -0.15) is 13.2 Å². The molecule has 11 heteroatoms. The Labute approximate surface area is 139 Å². The van der Waals surface area contributed by atoms with Crippen molar-refractivity contribution in [3.8, 4) is 5.82 Å². The van der Waals surface area contributed by atoms with E-state index in [0.717, 1.165) is 23.0 Å². The standard InChI is InChI=1S/C14H14F3N5O3/c1-3-13(2,12(24)25)19-11(23)9-7-22(21-20-9)10-5-4-8(6-18-10)14(15,16)17/h4-7H,3H2,1-2H3,(H,19,23)(H,24,25). The zero-order chi connectivity index (χ0) is 18.8. The average molecular weight is 357 g/mol. The number of rotatable bonds is 5. The number of alkyl halides is 3. The first-order valence-corrected chi connectivity index (χ1v) is 7.08. The first kappa shape index (κ1) is 18.4. The van der Waals surface area contributed by atoms with Gasteiger partial charge in [-0.1, -0.05) is 12.1 Å². The number of carbonyl (C=O) groups is 2. The molecule has 0 bridgehead atoms. The number of nitrogens with one attached hydrogen (secondary N) is 1. The van der Waals surface area contributed by atoms with Crippen LogP contribution in [-0.4, -0.2) is 42.5 Å². The highest BCUT2D eigenvalue weighted by Gasteiger charge is 2.34. The van der Waals surface area contributed by atoms with Crippen LogP contribution in [-0.2, 0) is 11.0 Å². The molecule has 25 heavy (non-hydrogen) atoms. The lowest BCUT2D eigenvalue weighted by molar-refractivity contribution is -0.144. The molecule has 134 valence electrons. The van der Waals surface area contributed by atoms with Crippen LogP contribution >= 0.6 is 0 Å². The molecule has 0 aliphatic rings. The Balaban J connectivity index is 2.19. The highest BCUT2D eigenvalue weighted by molar-refractivity contribution is 5.96. The van der Waals surface area contributed by atoms with Crippen molar-refractivity contribution in [2.75, 3.05) is 0 Å². The number of hydrogen-bond acceptors (Lipinski definition) is 5. The number of amides is 1. The van der Waals surface area contributed by atoms with Crippen LogP contribution in [0.4, 0.5) is 13.2 Å². The molecular formula is C14H14F3N5O3. The van der Waals surface area contributed by atoms with Crippen LogP contribution in [0.3, 0.4) is 0 Å². The third-order valence-electron chi connectivity index (χ3n) is 3.60. The lowest BCUT2D eigenvalue weighted by atomic mass is 9.99. The minimum atomic E-state index is -4.51. The molecule has 8 nitrogen and oxygen atoms in total. The predicted molar refractivity (Wildman–Crippen MR) is 78.0 cm³/mol. The van der Waals surface area contributed by atoms with Crippen molar-refractivity contribution in [3.05, 3.63) is 35.8 Å². The van der Waals surface area contributed by atoms with Crippen molar-refractivity contribution in [2.45, 2.75) is 32.0 Å². The predicted octanol–water partition coefficient (Wildman–Crippen LogP) is 1.66. The van der Waals surface area contributed by atoms with Gasteiger partial charge in [-0.3, -0.25) is 4.79 Å². The smallest absolute Gasteiger partial charge is 0.417 e. The number of aromatic nitrogens is 4. The Kier molecular flexibility index (Phi) is 4.77. The van der Waals surface area contributed by atoms with Crippen molar-refractivity contribution in [1.29, 1.82) is 0 Å². The van der Waals surface area contributed by atoms with E-state index in [1.165, 1.54) is 6.92 Å². The van der Waals surface area contributed by atoms with E-state index in [1.54, 1.807) is 6.92 Å². The average Bonchev–Trinajstić information content (AvgIpc) is 3.04. The van der Waals surface area contributed by atoms with Gasteiger partial charge in [0.15, 0.2) is 11.5 Å². The summed E-state index contributed by atoms with van der Waals surface area (Å²) >= 11 is 0. The molecule has 2 N–H and O–H groups in total. The van der Waals surface area contributed by atoms with E-state index in [9.17, 15) is 22.8 Å². The molecule has 0 fully saturated rings. The van der Waals surface area contributed by atoms with Gasteiger partial charge >= 0.3 is 12.1 Å². The SMILES string of the molecule is CCC(C)(NC(=O)c1cn(-c2ccc(C(F)(F)F)cn2)nn1)C(=O)O. The zero-order valence-corrected chi connectivity index (χ0v) is 13.2. The number of pyridine rings is 1. The van der Waals surface area contributed by atoms with E-state index in [4.69, 9.17) is 5.11 Å². The zero-order valence-electron chi connectivity index (χ0n) is 13.2. The molecular weight excluding hydrogens is 343 g/mol. The van der Waals surface area contributed by atoms with Gasteiger partial charge in [0, 0.05) is 6.20 Å². The van der Waals surface area contributed by atoms with E-state index in [-0.39, 0.29) is 17.9 Å². The topological polar surface area (TPSA) is 110 Å². The van der Waals surface area contributed by atoms with Gasteiger partial charge in [-0.05, 0) is 25.5 Å². The van der Waals surface area contributed by atoms with Gasteiger partial charge < -0.3 is 10.4 Å². The lowest BCUT2D eigenvalue weighted by Gasteiger charge is -2.23. The maximum atomic E-state index is 12.5. The summed E-state index contributed by atoms with van der Waals surface area (Å²) in [5, 5.41) is 18.7. The van der Waals surface area contributed by atoms with Crippen molar-refractivity contribution in [1.82, 2.24) is 25.3 Å². The number of carbonyl (C=O) groups excluding carboxylic acids is 1. The number of carboxylic acid groups (broad SMARTS) is 1. The minimum Gasteiger partial charge on any atom is -0.480 e. The van der Waals surface area contributed by atoms with Crippen molar-refractivity contribution in [3.63, 3.8) is 0 Å². The molecule has 2 heterocycles. The van der Waals surface area contributed by atoms with Crippen molar-refractivity contribution >= 4 is 11.9 Å². The summed E-state index contributed by atoms with van der Waals surface area (Å²) in [6, 6.07) is 1.90. The van der Waals surface area contributed by atoms with Crippen molar-refractivity contribution in [2.24, 2.45) is 0 Å². The molecule has 0 spiro atoms. The van der Waals surface area contributed by atoms with Crippen molar-refractivity contribution < 1.29 is 27.9 Å². The Hall–Kier alpha value is -2.98. The summed E-state index contributed by atoms with van der Waals surface area (Å²) in [5.74, 6) is -1.96. The van der Waals surface area contributed by atoms with Crippen LogP contribution in [0, 0.1) is 0 Å². The van der Waals surface area contributed by atoms with Crippen LogP contribution in [0.5, 0.6) is 0 Å². The van der Waals surface area contributed by atoms with Gasteiger partial charge in [0.2, 0.25) is 0 Å². The van der Waals surface area contributed by atoms with E-state index in [0.29, 0.717) is 6.20 Å². The summed E-state index contributed by atoms with van der Waals surface area (Å²) in [5.41, 5.74) is -2.59. The summed E-state index contributed by atoms with van der Waals surface area (Å²) in [4.78, 5) is 26.9. The van der Waals surface area contributed by atoms with E-state index in [1.807, 2.05) is 0 Å². The third-order valence-corrected chi connectivity index (χ3v) is 3.60. The molecule has 0 aromatic carbocycles. The van der Waals surface area contributed by atoms with Gasteiger partial charge in [0.05, 0.1) is 11.8 Å². The molecule has 1 amide bonds. The third kappa shape index (κ3) is 3.92. The first-order chi connectivity index (χ1) is 11.6. The minimum absolute atomic E-state index is 0.0241. The molecule has 2 aromatic heterocycles. The molecule has 0 aliphatic heterocycles. The van der Waals surface area contributed by atoms with Crippen LogP contribution in [0.25, 0.3) is 5.82 Å². The second kappa shape index (κ2) is 6.49. The summed E-state index contributed by atoms with van der Waals surface area (Å²) in [6.07, 6.45) is -2.60. The summed E-state index contributed by atoms with van der Waals surface area (Å²) < 4.78 is 38.6. The van der Waals surface area contributed by atoms with E-state index >= 15 is 0 Å². The molecule has 1 unspecified atom stereocenters. The Morgan fingerprint density at radius 2 is 2.00 bits per heavy atom. The highest BCUT2D eigenvalue weighted by atomic mass is 19.4. The van der Waals surface area contributed by atoms with Gasteiger partial charge in [-0.25, -0.2) is 14.5 Å². The maximum Gasteiger partial charge on any atom is 0.417 e. The van der Waals surface area contributed by atoms with E-state index in [2.05, 4.69) is 20.6 Å². The quantitative estimate of drug-likeness (QED) is 0.842. The lowest BCUT2D eigenvalue weighted by Crippen LogP contribution is -2.51. The fourth-order valence-corrected chi connectivity index (χ4v) is 1.78. The van der Waals surface area contributed by atoms with Crippen LogP contribution in [0.1, 0.15) is 36.3 Å². The molecule has 0 radical (unpaired) electrons. The molecule has 2 aromatic rings. The molecule has 0 aliphatic carbocycles. The Morgan fingerprint density at radius 3 is 2.48 bits per heavy atom. The molecule has 2 rings (SSSR count). The van der Waals surface area contributed by atoms with Crippen LogP contribution in [0.2, 0.25) is 0 Å². The Bertz CT molecular complexity index is 788. The molecule has 0 saturated heterocycles. The monoisotopic (exact) mass is 357 g/mol. The number of aliphatic carboxylic acids is 1. The Morgan fingerprint density at radius 1 is 1.32 bits per heavy atom. The van der Waals surface area contributed by atoms with Gasteiger partial charge in [0.25, 0.3) is 5.91 Å².